The standard InChI is InChI=1S/C6Cl2F5OP/c7-15(8)14-6-4(12)2(10)1(9)3(11)5(6)13. The van der Waals surface area contributed by atoms with Crippen LogP contribution in [0.4, 0.5) is 22.0 Å². The summed E-state index contributed by atoms with van der Waals surface area (Å²) in [7, 11) is 0. The van der Waals surface area contributed by atoms with Gasteiger partial charge in [0.2, 0.25) is 34.8 Å². The molecule has 0 N–H and O–H groups in total. The summed E-state index contributed by atoms with van der Waals surface area (Å²) in [5, 5.41) is 0. The second-order valence-electron chi connectivity index (χ2n) is 2.19. The SMILES string of the molecule is Fc1c(F)c(F)c(OP(Cl)Cl)c(F)c1F. The molecule has 0 unspecified atom stereocenters. The largest absolute Gasteiger partial charge is 0.438 e. The second-order valence-corrected chi connectivity index (χ2v) is 5.14. The van der Waals surface area contributed by atoms with E-state index in [0.717, 1.165) is 0 Å². The molecule has 0 saturated heterocycles. The zero-order valence-electron chi connectivity index (χ0n) is 6.50. The predicted molar refractivity (Wildman–Crippen MR) is 45.5 cm³/mol. The first-order valence-electron chi connectivity index (χ1n) is 3.17. The molecule has 0 atom stereocenters. The number of hydrogen-bond acceptors (Lipinski definition) is 1. The van der Waals surface area contributed by atoms with Crippen molar-refractivity contribution in [3.8, 4) is 5.75 Å². The average Bonchev–Trinajstić information content (AvgIpc) is 2.18. The summed E-state index contributed by atoms with van der Waals surface area (Å²) in [5.74, 6) is -12.2. The molecular formula is C6Cl2F5OP. The molecule has 0 aliphatic carbocycles. The number of halogens is 7. The molecule has 1 aromatic rings. The van der Waals surface area contributed by atoms with E-state index in [2.05, 4.69) is 4.52 Å². The van der Waals surface area contributed by atoms with Gasteiger partial charge in [-0.3, -0.25) is 0 Å². The van der Waals surface area contributed by atoms with E-state index in [1.54, 1.807) is 0 Å². The van der Waals surface area contributed by atoms with E-state index in [9.17, 15) is 22.0 Å². The minimum atomic E-state index is -2.33. The van der Waals surface area contributed by atoms with Crippen LogP contribution in [0.3, 0.4) is 0 Å². The Kier molecular flexibility index (Phi) is 3.98. The van der Waals surface area contributed by atoms with Gasteiger partial charge in [-0.25, -0.2) is 13.2 Å². The normalized spacial score (nSPS) is 10.9. The first kappa shape index (κ1) is 12.7. The summed E-state index contributed by atoms with van der Waals surface area (Å²) in [6.07, 6.45) is 0. The molecule has 0 radical (unpaired) electrons. The van der Waals surface area contributed by atoms with Crippen molar-refractivity contribution in [1.82, 2.24) is 0 Å². The quantitative estimate of drug-likeness (QED) is 0.337. The molecule has 1 aromatic carbocycles. The van der Waals surface area contributed by atoms with E-state index in [0.29, 0.717) is 0 Å². The fraction of sp³-hybridized carbons (Fsp3) is 0. The Hall–Kier alpha value is -0.320. The van der Waals surface area contributed by atoms with Crippen LogP contribution in [0.5, 0.6) is 5.75 Å². The van der Waals surface area contributed by atoms with Gasteiger partial charge >= 0.3 is 0 Å². The molecule has 15 heavy (non-hydrogen) atoms. The Bertz CT molecular complexity index is 371. The van der Waals surface area contributed by atoms with Crippen LogP contribution in [0.15, 0.2) is 0 Å². The summed E-state index contributed by atoms with van der Waals surface area (Å²) in [5.41, 5.74) is 0. The highest BCUT2D eigenvalue weighted by Crippen LogP contribution is 2.49. The van der Waals surface area contributed by atoms with Crippen molar-refractivity contribution < 1.29 is 26.5 Å². The fourth-order valence-corrected chi connectivity index (χ4v) is 1.45. The van der Waals surface area contributed by atoms with Crippen molar-refractivity contribution in [2.24, 2.45) is 0 Å². The van der Waals surface area contributed by atoms with Crippen molar-refractivity contribution in [1.29, 1.82) is 0 Å². The van der Waals surface area contributed by atoms with Gasteiger partial charge in [0.05, 0.1) is 0 Å². The van der Waals surface area contributed by atoms with Crippen LogP contribution < -0.4 is 4.52 Å². The lowest BCUT2D eigenvalue weighted by molar-refractivity contribution is 0.354. The van der Waals surface area contributed by atoms with Crippen LogP contribution >= 0.6 is 29.3 Å². The highest BCUT2D eigenvalue weighted by molar-refractivity contribution is 8.00. The molecule has 0 fully saturated rings. The highest BCUT2D eigenvalue weighted by atomic mass is 35.9. The first-order valence-corrected chi connectivity index (χ1v) is 6.24. The Morgan fingerprint density at radius 3 is 1.40 bits per heavy atom. The van der Waals surface area contributed by atoms with Gasteiger partial charge in [0.15, 0.2) is 0 Å². The number of benzene rings is 1. The summed E-state index contributed by atoms with van der Waals surface area (Å²) in [6.45, 7) is -2.33. The van der Waals surface area contributed by atoms with Crippen molar-refractivity contribution in [3.63, 3.8) is 0 Å². The third kappa shape index (κ3) is 2.44. The third-order valence-corrected chi connectivity index (χ3v) is 2.06. The molecule has 0 aliphatic rings. The maximum atomic E-state index is 12.8. The monoisotopic (exact) mass is 284 g/mol. The van der Waals surface area contributed by atoms with Crippen LogP contribution in [0.1, 0.15) is 0 Å². The molecule has 1 nitrogen and oxygen atoms in total. The van der Waals surface area contributed by atoms with Gasteiger partial charge in [0, 0.05) is 0 Å². The van der Waals surface area contributed by atoms with Gasteiger partial charge in [-0.05, 0) is 22.5 Å². The van der Waals surface area contributed by atoms with Gasteiger partial charge < -0.3 is 4.52 Å². The summed E-state index contributed by atoms with van der Waals surface area (Å²) < 4.78 is 67.3. The lowest BCUT2D eigenvalue weighted by Crippen LogP contribution is -2.03. The van der Waals surface area contributed by atoms with Gasteiger partial charge in [0.25, 0.3) is 6.85 Å². The van der Waals surface area contributed by atoms with Crippen LogP contribution in [-0.2, 0) is 0 Å². The molecule has 0 bridgehead atoms. The number of rotatable bonds is 2. The Morgan fingerprint density at radius 2 is 1.07 bits per heavy atom. The molecule has 0 heterocycles. The maximum absolute atomic E-state index is 12.8. The van der Waals surface area contributed by atoms with Crippen LogP contribution in [-0.4, -0.2) is 0 Å². The Morgan fingerprint density at radius 1 is 0.733 bits per heavy atom. The lowest BCUT2D eigenvalue weighted by Gasteiger charge is -2.09. The van der Waals surface area contributed by atoms with Crippen molar-refractivity contribution >= 4 is 29.3 Å². The summed E-state index contributed by atoms with van der Waals surface area (Å²) in [6, 6.07) is 0. The van der Waals surface area contributed by atoms with Gasteiger partial charge in [0.1, 0.15) is 0 Å². The molecule has 1 rings (SSSR count). The molecule has 0 aromatic heterocycles. The topological polar surface area (TPSA) is 9.23 Å². The minimum absolute atomic E-state index is 1.48. The lowest BCUT2D eigenvalue weighted by atomic mass is 10.3. The van der Waals surface area contributed by atoms with Crippen LogP contribution in [0.25, 0.3) is 0 Å². The smallest absolute Gasteiger partial charge is 0.284 e. The van der Waals surface area contributed by atoms with E-state index in [4.69, 9.17) is 22.5 Å². The first-order chi connectivity index (χ1) is 6.86. The molecule has 9 heteroatoms. The molecule has 84 valence electrons. The molecule has 0 saturated carbocycles. The Balaban J connectivity index is 3.39. The zero-order chi connectivity index (χ0) is 11.7. The van der Waals surface area contributed by atoms with Crippen molar-refractivity contribution in [2.75, 3.05) is 0 Å². The summed E-state index contributed by atoms with van der Waals surface area (Å²) >= 11 is 10.1. The molecule has 0 aliphatic heterocycles. The van der Waals surface area contributed by atoms with Gasteiger partial charge in [-0.1, -0.05) is 0 Å². The second kappa shape index (κ2) is 4.68. The van der Waals surface area contributed by atoms with E-state index in [1.807, 2.05) is 0 Å². The molecular weight excluding hydrogens is 285 g/mol. The van der Waals surface area contributed by atoms with Crippen LogP contribution in [0, 0.1) is 29.1 Å². The average molecular weight is 285 g/mol. The van der Waals surface area contributed by atoms with Crippen LogP contribution in [0.2, 0.25) is 0 Å². The van der Waals surface area contributed by atoms with Crippen molar-refractivity contribution in [2.45, 2.75) is 0 Å². The molecule has 0 spiro atoms. The zero-order valence-corrected chi connectivity index (χ0v) is 8.91. The fourth-order valence-electron chi connectivity index (χ4n) is 0.734. The highest BCUT2D eigenvalue weighted by Gasteiger charge is 2.28. The number of hydrogen-bond donors (Lipinski definition) is 0. The predicted octanol–water partition coefficient (Wildman–Crippen LogP) is 4.47. The molecule has 0 amide bonds. The Labute approximate surface area is 91.2 Å². The minimum Gasteiger partial charge on any atom is -0.438 e. The van der Waals surface area contributed by atoms with E-state index < -0.39 is 41.7 Å². The van der Waals surface area contributed by atoms with Crippen molar-refractivity contribution in [3.05, 3.63) is 29.1 Å². The maximum Gasteiger partial charge on any atom is 0.284 e. The van der Waals surface area contributed by atoms with E-state index in [1.165, 1.54) is 0 Å². The summed E-state index contributed by atoms with van der Waals surface area (Å²) in [4.78, 5) is 0. The third-order valence-electron chi connectivity index (χ3n) is 1.33. The van der Waals surface area contributed by atoms with Gasteiger partial charge in [-0.2, -0.15) is 8.78 Å². The van der Waals surface area contributed by atoms with E-state index >= 15 is 0 Å². The van der Waals surface area contributed by atoms with E-state index in [-0.39, 0.29) is 0 Å². The van der Waals surface area contributed by atoms with Gasteiger partial charge in [-0.15, -0.1) is 0 Å².